The van der Waals surface area contributed by atoms with E-state index in [0.29, 0.717) is 24.3 Å². The minimum atomic E-state index is -0.293. The van der Waals surface area contributed by atoms with Crippen molar-refractivity contribution in [3.05, 3.63) is 119 Å². The first kappa shape index (κ1) is 22.7. The lowest BCUT2D eigenvalue weighted by molar-refractivity contribution is 0.0982. The second-order valence-electron chi connectivity index (χ2n) is 8.39. The number of hydrogen-bond acceptors (Lipinski definition) is 3. The third kappa shape index (κ3) is 5.08. The normalized spacial score (nSPS) is 12.4. The summed E-state index contributed by atoms with van der Waals surface area (Å²) in [6.45, 7) is 2.90. The summed E-state index contributed by atoms with van der Waals surface area (Å²) in [7, 11) is 0. The van der Waals surface area contributed by atoms with Gasteiger partial charge in [-0.15, -0.1) is 0 Å². The molecule has 0 fully saturated rings. The van der Waals surface area contributed by atoms with Crippen molar-refractivity contribution in [2.45, 2.75) is 29.8 Å². The lowest BCUT2D eigenvalue weighted by Crippen LogP contribution is -2.31. The van der Waals surface area contributed by atoms with Gasteiger partial charge in [0.05, 0.1) is 17.8 Å². The molecule has 0 unspecified atom stereocenters. The zero-order valence-corrected chi connectivity index (χ0v) is 20.1. The average molecular weight is 480 g/mol. The number of nitrogens with one attached hydrogen (secondary N) is 2. The minimum Gasteiger partial charge on any atom is -0.334 e. The molecule has 4 aromatic carbocycles. The summed E-state index contributed by atoms with van der Waals surface area (Å²) in [4.78, 5) is 30.0. The van der Waals surface area contributed by atoms with E-state index in [9.17, 15) is 9.59 Å². The number of carbonyl (C=O) groups is 2. The maximum atomic E-state index is 13.6. The first-order chi connectivity index (χ1) is 17.1. The molecule has 174 valence electrons. The van der Waals surface area contributed by atoms with Gasteiger partial charge in [-0.3, -0.25) is 4.79 Å². The van der Waals surface area contributed by atoms with Crippen LogP contribution in [0.3, 0.4) is 0 Å². The molecule has 2 N–H and O–H groups in total. The number of amides is 3. The molecule has 0 aliphatic carbocycles. The molecule has 1 heterocycles. The number of nitrogens with zero attached hydrogens (tertiary/aromatic N) is 1. The maximum Gasteiger partial charge on any atom is 0.319 e. The lowest BCUT2D eigenvalue weighted by Gasteiger charge is -2.24. The van der Waals surface area contributed by atoms with Crippen LogP contribution < -0.4 is 15.5 Å². The summed E-state index contributed by atoms with van der Waals surface area (Å²) in [5.41, 5.74) is 5.31. The Morgan fingerprint density at radius 1 is 0.857 bits per heavy atom. The van der Waals surface area contributed by atoms with Crippen molar-refractivity contribution in [3.8, 4) is 0 Å². The average Bonchev–Trinajstić information content (AvgIpc) is 2.99. The highest BCUT2D eigenvalue weighted by atomic mass is 32.2. The number of hydrogen-bond donors (Lipinski definition) is 2. The van der Waals surface area contributed by atoms with Crippen molar-refractivity contribution in [3.63, 3.8) is 0 Å². The summed E-state index contributed by atoms with van der Waals surface area (Å²) in [5, 5.41) is 5.84. The van der Waals surface area contributed by atoms with Gasteiger partial charge in [0.1, 0.15) is 0 Å². The van der Waals surface area contributed by atoms with Crippen molar-refractivity contribution in [1.82, 2.24) is 5.32 Å². The zero-order valence-electron chi connectivity index (χ0n) is 19.3. The second-order valence-corrected chi connectivity index (χ2v) is 9.48. The summed E-state index contributed by atoms with van der Waals surface area (Å²) in [6, 6.07) is 31.0. The lowest BCUT2D eigenvalue weighted by atomic mass is 10.1. The van der Waals surface area contributed by atoms with E-state index in [2.05, 4.69) is 10.6 Å². The molecule has 0 spiro atoms. The van der Waals surface area contributed by atoms with Crippen LogP contribution in [0.25, 0.3) is 0 Å². The van der Waals surface area contributed by atoms with E-state index in [1.165, 1.54) is 0 Å². The topological polar surface area (TPSA) is 61.4 Å². The molecule has 5 nitrogen and oxygen atoms in total. The molecule has 0 aromatic heterocycles. The van der Waals surface area contributed by atoms with Crippen molar-refractivity contribution < 1.29 is 9.59 Å². The Hall–Kier alpha value is -4.03. The van der Waals surface area contributed by atoms with Gasteiger partial charge in [0.25, 0.3) is 5.91 Å². The van der Waals surface area contributed by atoms with E-state index < -0.39 is 0 Å². The van der Waals surface area contributed by atoms with Gasteiger partial charge in [-0.1, -0.05) is 78.5 Å². The van der Waals surface area contributed by atoms with Crippen LogP contribution in [0.1, 0.15) is 27.0 Å². The summed E-state index contributed by atoms with van der Waals surface area (Å²) < 4.78 is 0. The number of benzene rings is 4. The quantitative estimate of drug-likeness (QED) is 0.338. The Kier molecular flexibility index (Phi) is 6.55. The third-order valence-electron chi connectivity index (χ3n) is 5.97. The van der Waals surface area contributed by atoms with Crippen LogP contribution >= 0.6 is 11.8 Å². The Balaban J connectivity index is 1.42. The van der Waals surface area contributed by atoms with Crippen LogP contribution in [0.2, 0.25) is 0 Å². The summed E-state index contributed by atoms with van der Waals surface area (Å²) in [6.07, 6.45) is 0. The van der Waals surface area contributed by atoms with Crippen LogP contribution in [-0.2, 0) is 13.1 Å². The van der Waals surface area contributed by atoms with Crippen molar-refractivity contribution in [2.75, 3.05) is 10.2 Å². The summed E-state index contributed by atoms with van der Waals surface area (Å²) in [5.74, 6) is -0.0585. The Labute approximate surface area is 209 Å². The molecular weight excluding hydrogens is 454 g/mol. The Bertz CT molecular complexity index is 1390. The van der Waals surface area contributed by atoms with E-state index in [-0.39, 0.29) is 11.9 Å². The molecule has 0 bridgehead atoms. The molecule has 0 radical (unpaired) electrons. The molecule has 6 heteroatoms. The van der Waals surface area contributed by atoms with Crippen molar-refractivity contribution in [1.29, 1.82) is 0 Å². The third-order valence-corrected chi connectivity index (χ3v) is 7.12. The van der Waals surface area contributed by atoms with Crippen LogP contribution in [-0.4, -0.2) is 11.9 Å². The summed E-state index contributed by atoms with van der Waals surface area (Å²) >= 11 is 1.57. The van der Waals surface area contributed by atoms with Gasteiger partial charge in [0, 0.05) is 22.0 Å². The number of rotatable bonds is 5. The maximum absolute atomic E-state index is 13.6. The van der Waals surface area contributed by atoms with Crippen molar-refractivity contribution >= 4 is 35.1 Å². The highest BCUT2D eigenvalue weighted by molar-refractivity contribution is 7.99. The second kappa shape index (κ2) is 10.1. The fourth-order valence-corrected chi connectivity index (χ4v) is 5.14. The molecule has 35 heavy (non-hydrogen) atoms. The largest absolute Gasteiger partial charge is 0.334 e. The number of urea groups is 1. The Morgan fingerprint density at radius 2 is 1.60 bits per heavy atom. The molecule has 1 aliphatic rings. The highest BCUT2D eigenvalue weighted by Crippen LogP contribution is 2.43. The fourth-order valence-electron chi connectivity index (χ4n) is 4.08. The van der Waals surface area contributed by atoms with Gasteiger partial charge in [0.15, 0.2) is 0 Å². The van der Waals surface area contributed by atoms with E-state index in [1.807, 2.05) is 104 Å². The van der Waals surface area contributed by atoms with E-state index in [0.717, 1.165) is 32.2 Å². The first-order valence-corrected chi connectivity index (χ1v) is 12.3. The predicted octanol–water partition coefficient (Wildman–Crippen LogP) is 6.63. The monoisotopic (exact) mass is 479 g/mol. The highest BCUT2D eigenvalue weighted by Gasteiger charge is 2.27. The van der Waals surface area contributed by atoms with Crippen LogP contribution in [0, 0.1) is 6.92 Å². The predicted molar refractivity (Wildman–Crippen MR) is 141 cm³/mol. The fraction of sp³-hybridized carbons (Fsp3) is 0.103. The van der Waals surface area contributed by atoms with E-state index in [4.69, 9.17) is 0 Å². The molecule has 0 saturated heterocycles. The molecule has 1 aliphatic heterocycles. The molecule has 4 aromatic rings. The minimum absolute atomic E-state index is 0.0585. The van der Waals surface area contributed by atoms with Crippen LogP contribution in [0.4, 0.5) is 16.2 Å². The van der Waals surface area contributed by atoms with Gasteiger partial charge >= 0.3 is 6.03 Å². The van der Waals surface area contributed by atoms with E-state index >= 15 is 0 Å². The number of carbonyl (C=O) groups excluding carboxylic acids is 2. The van der Waals surface area contributed by atoms with Crippen molar-refractivity contribution in [2.24, 2.45) is 0 Å². The van der Waals surface area contributed by atoms with Gasteiger partial charge in [-0.05, 0) is 53.9 Å². The molecular formula is C29H25N3O2S. The number of aryl methyl sites for hydroxylation is 1. The zero-order chi connectivity index (χ0) is 24.2. The molecule has 0 saturated carbocycles. The van der Waals surface area contributed by atoms with Gasteiger partial charge in [-0.25, -0.2) is 4.79 Å². The van der Waals surface area contributed by atoms with Gasteiger partial charge in [0.2, 0.25) is 0 Å². The molecule has 5 rings (SSSR count). The van der Waals surface area contributed by atoms with Crippen LogP contribution in [0.15, 0.2) is 107 Å². The van der Waals surface area contributed by atoms with E-state index in [1.54, 1.807) is 16.7 Å². The number of fused-ring (bicyclic) bond motifs is 2. The Morgan fingerprint density at radius 3 is 2.43 bits per heavy atom. The number of anilines is 2. The van der Waals surface area contributed by atoms with Gasteiger partial charge in [-0.2, -0.15) is 0 Å². The first-order valence-electron chi connectivity index (χ1n) is 11.4. The smallest absolute Gasteiger partial charge is 0.319 e. The molecule has 3 amide bonds. The van der Waals surface area contributed by atoms with Gasteiger partial charge < -0.3 is 15.5 Å². The van der Waals surface area contributed by atoms with Crippen LogP contribution in [0.5, 0.6) is 0 Å². The SMILES string of the molecule is Cc1ccccc1CNC(=O)Nc1ccc2c(c1)N(Cc1ccccc1)C(=O)c1ccccc1S2. The molecule has 0 atom stereocenters. The standard InChI is InChI=1S/C29H25N3O2S/c1-20-9-5-6-12-22(20)18-30-29(34)31-23-15-16-27-25(17-23)32(19-21-10-3-2-4-11-21)28(33)24-13-7-8-14-26(24)35-27/h2-17H,18-19H2,1H3,(H2,30,31,34).